The van der Waals surface area contributed by atoms with Crippen molar-refractivity contribution in [1.29, 1.82) is 0 Å². The Bertz CT molecular complexity index is 1580. The van der Waals surface area contributed by atoms with Gasteiger partial charge in [-0.1, -0.05) is 29.8 Å². The van der Waals surface area contributed by atoms with E-state index in [0.29, 0.717) is 28.1 Å². The maximum absolute atomic E-state index is 13.5. The number of benzene rings is 3. The lowest BCUT2D eigenvalue weighted by atomic mass is 10.0. The Morgan fingerprint density at radius 3 is 2.53 bits per heavy atom. The van der Waals surface area contributed by atoms with Crippen molar-refractivity contribution >= 4 is 50.8 Å². The van der Waals surface area contributed by atoms with Crippen LogP contribution in [0.25, 0.3) is 27.4 Å². The van der Waals surface area contributed by atoms with Gasteiger partial charge in [0.2, 0.25) is 5.91 Å². The molecule has 0 fully saturated rings. The average molecular weight is 474 g/mol. The summed E-state index contributed by atoms with van der Waals surface area (Å²) < 4.78 is 15.2. The van der Waals surface area contributed by atoms with Gasteiger partial charge in [-0.3, -0.25) is 14.6 Å². The van der Waals surface area contributed by atoms with Crippen molar-refractivity contribution in [2.24, 2.45) is 5.73 Å². The standard InChI is InChI=1S/C25H17ClFN5O2/c26-21-13-29-10-9-18(21)25(34)30-16-5-1-14-2-8-19-22(12-23(28)33)31-32(24(19)20(14)11-16)17-6-3-15(27)4-7-17/h1-11,13H,12H2,(H2,28,33)(H,30,34). The molecule has 0 spiro atoms. The maximum atomic E-state index is 13.5. The highest BCUT2D eigenvalue weighted by atomic mass is 35.5. The number of hydrogen-bond acceptors (Lipinski definition) is 4. The average Bonchev–Trinajstić information content (AvgIpc) is 3.18. The minimum atomic E-state index is -0.513. The van der Waals surface area contributed by atoms with Crippen molar-refractivity contribution in [3.05, 3.63) is 95.2 Å². The second kappa shape index (κ2) is 8.57. The summed E-state index contributed by atoms with van der Waals surface area (Å²) in [5.41, 5.74) is 8.12. The molecule has 9 heteroatoms. The summed E-state index contributed by atoms with van der Waals surface area (Å²) in [6, 6.07) is 16.7. The van der Waals surface area contributed by atoms with Crippen molar-refractivity contribution in [3.63, 3.8) is 0 Å². The van der Waals surface area contributed by atoms with Crippen molar-refractivity contribution < 1.29 is 14.0 Å². The van der Waals surface area contributed by atoms with E-state index in [1.165, 1.54) is 30.6 Å². The lowest BCUT2D eigenvalue weighted by molar-refractivity contribution is -0.117. The molecule has 0 aliphatic heterocycles. The molecule has 3 N–H and O–H groups in total. The monoisotopic (exact) mass is 473 g/mol. The lowest BCUT2D eigenvalue weighted by Gasteiger charge is -2.10. The van der Waals surface area contributed by atoms with Gasteiger partial charge >= 0.3 is 0 Å². The molecule has 7 nitrogen and oxygen atoms in total. The number of primary amides is 1. The van der Waals surface area contributed by atoms with Crippen LogP contribution in [0.4, 0.5) is 10.1 Å². The summed E-state index contributed by atoms with van der Waals surface area (Å²) in [5, 5.41) is 10.1. The number of pyridine rings is 1. The quantitative estimate of drug-likeness (QED) is 0.388. The van der Waals surface area contributed by atoms with Gasteiger partial charge in [-0.25, -0.2) is 9.07 Å². The fourth-order valence-corrected chi connectivity index (χ4v) is 4.09. The van der Waals surface area contributed by atoms with Crippen LogP contribution in [-0.2, 0) is 11.2 Å². The summed E-state index contributed by atoms with van der Waals surface area (Å²) in [6.45, 7) is 0. The first-order valence-electron chi connectivity index (χ1n) is 10.3. The Balaban J connectivity index is 1.68. The molecule has 0 aliphatic rings. The van der Waals surface area contributed by atoms with Gasteiger partial charge in [-0.2, -0.15) is 5.10 Å². The van der Waals surface area contributed by atoms with E-state index >= 15 is 0 Å². The van der Waals surface area contributed by atoms with Crippen LogP contribution >= 0.6 is 11.6 Å². The molecule has 0 atom stereocenters. The summed E-state index contributed by atoms with van der Waals surface area (Å²) in [7, 11) is 0. The molecule has 5 rings (SSSR count). The van der Waals surface area contributed by atoms with Crippen LogP contribution in [-0.4, -0.2) is 26.6 Å². The predicted octanol–water partition coefficient (Wildman–Crippen LogP) is 4.65. The molecule has 0 saturated heterocycles. The summed E-state index contributed by atoms with van der Waals surface area (Å²) in [5.74, 6) is -1.26. The number of carbonyl (C=O) groups is 2. The van der Waals surface area contributed by atoms with Crippen molar-refractivity contribution in [2.45, 2.75) is 6.42 Å². The van der Waals surface area contributed by atoms with Gasteiger partial charge in [0.1, 0.15) is 5.82 Å². The zero-order valence-corrected chi connectivity index (χ0v) is 18.4. The normalized spacial score (nSPS) is 11.1. The summed E-state index contributed by atoms with van der Waals surface area (Å²) >= 11 is 6.10. The fraction of sp³-hybridized carbons (Fsp3) is 0.0400. The van der Waals surface area contributed by atoms with E-state index in [2.05, 4.69) is 15.4 Å². The van der Waals surface area contributed by atoms with Crippen LogP contribution in [0, 0.1) is 5.82 Å². The van der Waals surface area contributed by atoms with Gasteiger partial charge in [-0.15, -0.1) is 0 Å². The van der Waals surface area contributed by atoms with Crippen LogP contribution in [0.2, 0.25) is 5.02 Å². The Hall–Kier alpha value is -4.30. The third-order valence-corrected chi connectivity index (χ3v) is 5.73. The van der Waals surface area contributed by atoms with E-state index in [-0.39, 0.29) is 23.2 Å². The summed E-state index contributed by atoms with van der Waals surface area (Å²) in [6.07, 6.45) is 2.85. The van der Waals surface area contributed by atoms with Gasteiger partial charge < -0.3 is 11.1 Å². The van der Waals surface area contributed by atoms with E-state index in [1.54, 1.807) is 22.9 Å². The molecule has 0 saturated carbocycles. The number of rotatable bonds is 5. The number of fused-ring (bicyclic) bond motifs is 3. The second-order valence-corrected chi connectivity index (χ2v) is 8.09. The van der Waals surface area contributed by atoms with E-state index in [1.807, 2.05) is 24.3 Å². The van der Waals surface area contributed by atoms with E-state index in [4.69, 9.17) is 17.3 Å². The first-order chi connectivity index (χ1) is 16.4. The van der Waals surface area contributed by atoms with Crippen LogP contribution < -0.4 is 11.1 Å². The molecule has 5 aromatic rings. The molecule has 2 aromatic heterocycles. The number of aromatic nitrogens is 3. The number of carbonyl (C=O) groups excluding carboxylic acids is 2. The second-order valence-electron chi connectivity index (χ2n) is 7.69. The SMILES string of the molecule is NC(=O)Cc1nn(-c2ccc(F)cc2)c2c1ccc1ccc(NC(=O)c3ccncc3Cl)cc12. The largest absolute Gasteiger partial charge is 0.369 e. The molecular weight excluding hydrogens is 457 g/mol. The Kier molecular flexibility index (Phi) is 5.43. The molecule has 3 aromatic carbocycles. The minimum Gasteiger partial charge on any atom is -0.369 e. The molecule has 2 amide bonds. The Morgan fingerprint density at radius 1 is 1.03 bits per heavy atom. The molecule has 34 heavy (non-hydrogen) atoms. The fourth-order valence-electron chi connectivity index (χ4n) is 3.89. The smallest absolute Gasteiger partial charge is 0.257 e. The van der Waals surface area contributed by atoms with Gasteiger partial charge in [-0.05, 0) is 47.9 Å². The van der Waals surface area contributed by atoms with Crippen LogP contribution in [0.5, 0.6) is 0 Å². The summed E-state index contributed by atoms with van der Waals surface area (Å²) in [4.78, 5) is 28.3. The zero-order chi connectivity index (χ0) is 23.8. The molecule has 0 aliphatic carbocycles. The first kappa shape index (κ1) is 21.5. The maximum Gasteiger partial charge on any atom is 0.257 e. The Labute approximate surface area is 198 Å². The van der Waals surface area contributed by atoms with Gasteiger partial charge in [0.25, 0.3) is 5.91 Å². The number of amides is 2. The number of hydrogen-bond donors (Lipinski definition) is 2. The highest BCUT2D eigenvalue weighted by Gasteiger charge is 2.17. The molecule has 0 bridgehead atoms. The van der Waals surface area contributed by atoms with E-state index < -0.39 is 5.91 Å². The lowest BCUT2D eigenvalue weighted by Crippen LogP contribution is -2.14. The highest BCUT2D eigenvalue weighted by Crippen LogP contribution is 2.32. The van der Waals surface area contributed by atoms with Gasteiger partial charge in [0.05, 0.1) is 33.9 Å². The van der Waals surface area contributed by atoms with Crippen LogP contribution in [0.3, 0.4) is 0 Å². The van der Waals surface area contributed by atoms with Crippen LogP contribution in [0.1, 0.15) is 16.1 Å². The van der Waals surface area contributed by atoms with Gasteiger partial charge in [0.15, 0.2) is 0 Å². The van der Waals surface area contributed by atoms with E-state index in [9.17, 15) is 14.0 Å². The van der Waals surface area contributed by atoms with Crippen molar-refractivity contribution in [3.8, 4) is 5.69 Å². The molecule has 168 valence electrons. The number of nitrogens with zero attached hydrogens (tertiary/aromatic N) is 3. The topological polar surface area (TPSA) is 103 Å². The molecule has 0 unspecified atom stereocenters. The first-order valence-corrected chi connectivity index (χ1v) is 10.7. The van der Waals surface area contributed by atoms with Gasteiger partial charge in [0, 0.05) is 28.9 Å². The third kappa shape index (κ3) is 3.95. The highest BCUT2D eigenvalue weighted by molar-refractivity contribution is 6.34. The molecule has 2 heterocycles. The Morgan fingerprint density at radius 2 is 1.79 bits per heavy atom. The van der Waals surface area contributed by atoms with E-state index in [0.717, 1.165) is 16.2 Å². The van der Waals surface area contributed by atoms with Crippen molar-refractivity contribution in [1.82, 2.24) is 14.8 Å². The molecular formula is C25H17ClFN5O2. The number of anilines is 1. The zero-order valence-electron chi connectivity index (χ0n) is 17.6. The van der Waals surface area contributed by atoms with Crippen LogP contribution in [0.15, 0.2) is 73.1 Å². The predicted molar refractivity (Wildman–Crippen MR) is 129 cm³/mol. The molecule has 0 radical (unpaired) electrons. The number of nitrogens with two attached hydrogens (primary N) is 1. The number of halogens is 2. The number of nitrogens with one attached hydrogen (secondary N) is 1. The van der Waals surface area contributed by atoms with Crippen molar-refractivity contribution in [2.75, 3.05) is 5.32 Å². The minimum absolute atomic E-state index is 0.0484. The third-order valence-electron chi connectivity index (χ3n) is 5.42.